The van der Waals surface area contributed by atoms with Crippen LogP contribution < -0.4 is 29.6 Å². The molecule has 2 aliphatic carbocycles. The zero-order chi connectivity index (χ0) is 10.5. The molecule has 0 bridgehead atoms. The van der Waals surface area contributed by atoms with Gasteiger partial charge in [-0.3, -0.25) is 0 Å². The monoisotopic (exact) mass is 226 g/mol. The molecule has 0 atom stereocenters. The maximum absolute atomic E-state index is 2.27. The fraction of sp³-hybridized carbons (Fsp3) is 0.0625. The van der Waals surface area contributed by atoms with Crippen LogP contribution in [0.1, 0.15) is 22.3 Å². The normalized spacial score (nSPS) is 14.4. The maximum Gasteiger partial charge on any atom is 1.00 e. The van der Waals surface area contributed by atoms with E-state index in [0.29, 0.717) is 0 Å². The molecule has 0 saturated heterocycles. The van der Waals surface area contributed by atoms with Crippen molar-refractivity contribution < 1.29 is 29.6 Å². The Hall–Kier alpha value is -0.950. The zero-order valence-electron chi connectivity index (χ0n) is 9.90. The average molecular weight is 226 g/mol. The quantitative estimate of drug-likeness (QED) is 0.464. The Morgan fingerprint density at radius 3 is 2.59 bits per heavy atom. The van der Waals surface area contributed by atoms with Gasteiger partial charge in [0.2, 0.25) is 0 Å². The molecule has 0 aromatic heterocycles. The van der Waals surface area contributed by atoms with Gasteiger partial charge in [-0.25, -0.2) is 0 Å². The Morgan fingerprint density at radius 2 is 1.71 bits per heavy atom. The van der Waals surface area contributed by atoms with Crippen LogP contribution in [0.4, 0.5) is 0 Å². The molecule has 1 heteroatoms. The van der Waals surface area contributed by atoms with Crippen molar-refractivity contribution in [2.45, 2.75) is 6.42 Å². The molecule has 0 nitrogen and oxygen atoms in total. The van der Waals surface area contributed by atoms with Crippen molar-refractivity contribution in [1.82, 2.24) is 0 Å². The molecule has 76 valence electrons. The van der Waals surface area contributed by atoms with Gasteiger partial charge in [0.05, 0.1) is 0 Å². The molecule has 0 N–H and O–H groups in total. The number of benzene rings is 2. The summed E-state index contributed by atoms with van der Waals surface area (Å²) < 4.78 is 0. The molecule has 0 amide bonds. The summed E-state index contributed by atoms with van der Waals surface area (Å²) in [6.45, 7) is 0. The fourth-order valence-corrected chi connectivity index (χ4v) is 2.80. The standard InChI is InChI=1S/C16H11.Na/c1-3-11-7-9-13-5-2-6-14-10-8-12(4-1)15(11)16(13)14;/h1-5,7-10H,6H2;/q-1;+1. The zero-order valence-corrected chi connectivity index (χ0v) is 11.9. The van der Waals surface area contributed by atoms with Crippen LogP contribution in [-0.4, -0.2) is 0 Å². The topological polar surface area (TPSA) is 0 Å². The van der Waals surface area contributed by atoms with Crippen LogP contribution in [0.5, 0.6) is 0 Å². The second-order valence-corrected chi connectivity index (χ2v) is 4.44. The van der Waals surface area contributed by atoms with E-state index in [2.05, 4.69) is 55.0 Å². The minimum atomic E-state index is 0. The smallest absolute Gasteiger partial charge is 0.145 e. The van der Waals surface area contributed by atoms with Crippen molar-refractivity contribution >= 4 is 22.9 Å². The minimum absolute atomic E-state index is 0. The molecule has 4 rings (SSSR count). The molecule has 2 aromatic carbocycles. The fourth-order valence-electron chi connectivity index (χ4n) is 2.80. The predicted molar refractivity (Wildman–Crippen MR) is 69.1 cm³/mol. The molecule has 0 fully saturated rings. The van der Waals surface area contributed by atoms with Gasteiger partial charge in [0, 0.05) is 0 Å². The van der Waals surface area contributed by atoms with E-state index in [9.17, 15) is 0 Å². The first-order valence-corrected chi connectivity index (χ1v) is 5.70. The van der Waals surface area contributed by atoms with Gasteiger partial charge in [-0.05, 0) is 17.4 Å². The second-order valence-electron chi connectivity index (χ2n) is 4.44. The molecule has 2 aliphatic rings. The summed E-state index contributed by atoms with van der Waals surface area (Å²) in [6, 6.07) is 8.97. The van der Waals surface area contributed by atoms with E-state index in [1.807, 2.05) is 0 Å². The van der Waals surface area contributed by atoms with Gasteiger partial charge in [-0.2, -0.15) is 0 Å². The molecule has 0 unspecified atom stereocenters. The largest absolute Gasteiger partial charge is 1.00 e. The molecule has 0 aliphatic heterocycles. The summed E-state index contributed by atoms with van der Waals surface area (Å²) in [6.07, 6.45) is 12.1. The first-order valence-electron chi connectivity index (χ1n) is 5.70. The average Bonchev–Trinajstić information content (AvgIpc) is 2.36. The summed E-state index contributed by atoms with van der Waals surface area (Å²) >= 11 is 0. The molecule has 2 aromatic rings. The maximum atomic E-state index is 2.27. The summed E-state index contributed by atoms with van der Waals surface area (Å²) in [5.74, 6) is 0. The predicted octanol–water partition coefficient (Wildman–Crippen LogP) is 0.992. The van der Waals surface area contributed by atoms with E-state index in [4.69, 9.17) is 0 Å². The minimum Gasteiger partial charge on any atom is -0.145 e. The van der Waals surface area contributed by atoms with Gasteiger partial charge in [0.25, 0.3) is 0 Å². The van der Waals surface area contributed by atoms with Crippen LogP contribution in [0.15, 0.2) is 36.4 Å². The summed E-state index contributed by atoms with van der Waals surface area (Å²) in [5.41, 5.74) is 5.54. The van der Waals surface area contributed by atoms with Gasteiger partial charge in [0.15, 0.2) is 0 Å². The van der Waals surface area contributed by atoms with Crippen molar-refractivity contribution in [3.63, 3.8) is 0 Å². The third kappa shape index (κ3) is 1.52. The van der Waals surface area contributed by atoms with E-state index < -0.39 is 0 Å². The van der Waals surface area contributed by atoms with Gasteiger partial charge in [0.1, 0.15) is 0 Å². The van der Waals surface area contributed by atoms with Crippen molar-refractivity contribution in [2.24, 2.45) is 0 Å². The van der Waals surface area contributed by atoms with Crippen molar-refractivity contribution in [3.05, 3.63) is 65.1 Å². The van der Waals surface area contributed by atoms with Gasteiger partial charge in [-0.1, -0.05) is 35.2 Å². The first kappa shape index (κ1) is 11.2. The first-order chi connectivity index (χ1) is 7.93. The Balaban J connectivity index is 0.000000902. The van der Waals surface area contributed by atoms with E-state index in [1.54, 1.807) is 0 Å². The van der Waals surface area contributed by atoms with E-state index in [1.165, 1.54) is 33.0 Å². The number of hydrogen-bond donors (Lipinski definition) is 0. The molecular weight excluding hydrogens is 215 g/mol. The van der Waals surface area contributed by atoms with Crippen LogP contribution in [0.2, 0.25) is 0 Å². The second kappa shape index (κ2) is 4.06. The van der Waals surface area contributed by atoms with Crippen molar-refractivity contribution in [1.29, 1.82) is 0 Å². The Bertz CT molecular complexity index is 604. The van der Waals surface area contributed by atoms with Crippen molar-refractivity contribution in [2.75, 3.05) is 0 Å². The summed E-state index contributed by atoms with van der Waals surface area (Å²) in [5, 5.41) is 2.89. The molecular formula is C16H11Na. The number of allylic oxidation sites excluding steroid dienone is 2. The van der Waals surface area contributed by atoms with Crippen LogP contribution in [0.25, 0.3) is 22.9 Å². The molecule has 0 saturated carbocycles. The number of hydrogen-bond acceptors (Lipinski definition) is 0. The third-order valence-electron chi connectivity index (χ3n) is 3.53. The number of rotatable bonds is 0. The van der Waals surface area contributed by atoms with E-state index >= 15 is 0 Å². The van der Waals surface area contributed by atoms with Crippen LogP contribution >= 0.6 is 0 Å². The van der Waals surface area contributed by atoms with Crippen molar-refractivity contribution in [3.8, 4) is 0 Å². The van der Waals surface area contributed by atoms with E-state index in [-0.39, 0.29) is 29.6 Å². The molecule has 0 radical (unpaired) electrons. The van der Waals surface area contributed by atoms with Crippen LogP contribution in [0, 0.1) is 6.42 Å². The SMILES string of the molecule is C1=Cc2ccc3c4c(ccc(c24)[CH-]1)CC=C3.[Na+]. The van der Waals surface area contributed by atoms with Gasteiger partial charge < -0.3 is 0 Å². The molecule has 0 heterocycles. The molecule has 0 spiro atoms. The summed E-state index contributed by atoms with van der Waals surface area (Å²) in [4.78, 5) is 0. The van der Waals surface area contributed by atoms with E-state index in [0.717, 1.165) is 6.42 Å². The Morgan fingerprint density at radius 1 is 0.882 bits per heavy atom. The van der Waals surface area contributed by atoms with Crippen LogP contribution in [0.3, 0.4) is 0 Å². The Labute approximate surface area is 123 Å². The summed E-state index contributed by atoms with van der Waals surface area (Å²) in [7, 11) is 0. The van der Waals surface area contributed by atoms with Gasteiger partial charge in [-0.15, -0.1) is 41.8 Å². The van der Waals surface area contributed by atoms with Crippen LogP contribution in [-0.2, 0) is 6.42 Å². The van der Waals surface area contributed by atoms with Gasteiger partial charge >= 0.3 is 29.6 Å². The Kier molecular flexibility index (Phi) is 2.67. The molecule has 17 heavy (non-hydrogen) atoms. The third-order valence-corrected chi connectivity index (χ3v) is 3.53.